The van der Waals surface area contributed by atoms with E-state index >= 15 is 0 Å². The Labute approximate surface area is 169 Å². The summed E-state index contributed by atoms with van der Waals surface area (Å²) < 4.78 is 15.9. The minimum Gasteiger partial charge on any atom is -0.492 e. The minimum atomic E-state index is -0.578. The van der Waals surface area contributed by atoms with Crippen molar-refractivity contribution in [2.75, 3.05) is 19.9 Å². The van der Waals surface area contributed by atoms with Crippen molar-refractivity contribution >= 4 is 34.7 Å². The summed E-state index contributed by atoms with van der Waals surface area (Å²) in [4.78, 5) is 36.8. The molecule has 0 aromatic heterocycles. The number of nitro groups is 1. The van der Waals surface area contributed by atoms with Crippen molar-refractivity contribution in [1.82, 2.24) is 4.90 Å². The first-order valence-corrected chi connectivity index (χ1v) is 9.36. The summed E-state index contributed by atoms with van der Waals surface area (Å²) in [6, 6.07) is 11.7. The molecule has 2 aromatic rings. The van der Waals surface area contributed by atoms with Gasteiger partial charge in [-0.25, -0.2) is 0 Å². The SMILES string of the molecule is O=C1S/C(=C\c2cc3c(cc2[N+](=O)[O-])OCO3)C(=O)N1CCOc1ccccc1. The summed E-state index contributed by atoms with van der Waals surface area (Å²) in [6.07, 6.45) is 1.32. The molecule has 0 unspecified atom stereocenters. The average molecular weight is 414 g/mol. The highest BCUT2D eigenvalue weighted by molar-refractivity contribution is 8.18. The van der Waals surface area contributed by atoms with Crippen LogP contribution in [0, 0.1) is 10.1 Å². The lowest BCUT2D eigenvalue weighted by Crippen LogP contribution is -2.32. The number of hydrogen-bond acceptors (Lipinski definition) is 8. The number of carbonyl (C=O) groups is 2. The predicted molar refractivity (Wildman–Crippen MR) is 104 cm³/mol. The molecule has 2 aliphatic heterocycles. The van der Waals surface area contributed by atoms with E-state index in [2.05, 4.69) is 0 Å². The molecule has 0 saturated carbocycles. The molecular formula is C19H14N2O7S. The number of hydrogen-bond donors (Lipinski definition) is 0. The number of benzene rings is 2. The Morgan fingerprint density at radius 1 is 1.17 bits per heavy atom. The van der Waals surface area contributed by atoms with Crippen LogP contribution in [-0.2, 0) is 4.79 Å². The topological polar surface area (TPSA) is 108 Å². The largest absolute Gasteiger partial charge is 0.492 e. The van der Waals surface area contributed by atoms with Gasteiger partial charge in [0, 0.05) is 0 Å². The van der Waals surface area contributed by atoms with Gasteiger partial charge in [0.2, 0.25) is 6.79 Å². The first kappa shape index (κ1) is 18.8. The van der Waals surface area contributed by atoms with Crippen molar-refractivity contribution in [3.63, 3.8) is 0 Å². The van der Waals surface area contributed by atoms with Crippen LogP contribution in [0.2, 0.25) is 0 Å². The van der Waals surface area contributed by atoms with E-state index in [4.69, 9.17) is 14.2 Å². The quantitative estimate of drug-likeness (QED) is 0.402. The lowest BCUT2D eigenvalue weighted by Gasteiger charge is -2.13. The zero-order chi connectivity index (χ0) is 20.4. The van der Waals surface area contributed by atoms with E-state index in [1.807, 2.05) is 18.2 Å². The van der Waals surface area contributed by atoms with Crippen molar-refractivity contribution in [2.24, 2.45) is 0 Å². The van der Waals surface area contributed by atoms with E-state index in [0.717, 1.165) is 16.7 Å². The van der Waals surface area contributed by atoms with Crippen LogP contribution in [0.15, 0.2) is 47.4 Å². The highest BCUT2D eigenvalue weighted by atomic mass is 32.2. The Balaban J connectivity index is 1.51. The van der Waals surface area contributed by atoms with Crippen LogP contribution in [0.1, 0.15) is 5.56 Å². The highest BCUT2D eigenvalue weighted by Gasteiger charge is 2.35. The van der Waals surface area contributed by atoms with Gasteiger partial charge in [-0.05, 0) is 36.0 Å². The van der Waals surface area contributed by atoms with Gasteiger partial charge < -0.3 is 14.2 Å². The molecule has 2 heterocycles. The van der Waals surface area contributed by atoms with Crippen molar-refractivity contribution in [3.8, 4) is 17.2 Å². The normalized spacial score (nSPS) is 16.6. The Hall–Kier alpha value is -3.53. The van der Waals surface area contributed by atoms with Crippen LogP contribution in [-0.4, -0.2) is 40.9 Å². The van der Waals surface area contributed by atoms with Gasteiger partial charge in [-0.3, -0.25) is 24.6 Å². The van der Waals surface area contributed by atoms with Gasteiger partial charge in [0.1, 0.15) is 12.4 Å². The second-order valence-corrected chi connectivity index (χ2v) is 7.01. The maximum Gasteiger partial charge on any atom is 0.293 e. The molecule has 148 valence electrons. The van der Waals surface area contributed by atoms with E-state index in [-0.39, 0.29) is 41.9 Å². The number of thioether (sulfide) groups is 1. The van der Waals surface area contributed by atoms with Crippen molar-refractivity contribution in [1.29, 1.82) is 0 Å². The van der Waals surface area contributed by atoms with Gasteiger partial charge in [-0.2, -0.15) is 0 Å². The number of fused-ring (bicyclic) bond motifs is 1. The zero-order valence-electron chi connectivity index (χ0n) is 14.9. The smallest absolute Gasteiger partial charge is 0.293 e. The van der Waals surface area contributed by atoms with Crippen LogP contribution in [0.5, 0.6) is 17.2 Å². The molecule has 4 rings (SSSR count). The first-order chi connectivity index (χ1) is 14.0. The molecule has 2 amide bonds. The fraction of sp³-hybridized carbons (Fsp3) is 0.158. The summed E-state index contributed by atoms with van der Waals surface area (Å²) >= 11 is 0.725. The summed E-state index contributed by atoms with van der Waals surface area (Å²) in [5, 5.41) is 10.9. The highest BCUT2D eigenvalue weighted by Crippen LogP contribution is 2.40. The Morgan fingerprint density at radius 3 is 2.62 bits per heavy atom. The molecule has 2 aliphatic rings. The van der Waals surface area contributed by atoms with Crippen molar-refractivity contribution in [3.05, 3.63) is 63.0 Å². The fourth-order valence-corrected chi connectivity index (χ4v) is 3.68. The Bertz CT molecular complexity index is 1020. The van der Waals surface area contributed by atoms with Crippen LogP contribution >= 0.6 is 11.8 Å². The molecule has 0 bridgehead atoms. The number of nitrogens with zero attached hydrogens (tertiary/aromatic N) is 2. The third kappa shape index (κ3) is 3.87. The molecule has 29 heavy (non-hydrogen) atoms. The average Bonchev–Trinajstić information content (AvgIpc) is 3.27. The number of carbonyl (C=O) groups excluding carboxylic acids is 2. The number of ether oxygens (including phenoxy) is 3. The Morgan fingerprint density at radius 2 is 1.90 bits per heavy atom. The molecular weight excluding hydrogens is 400 g/mol. The minimum absolute atomic E-state index is 0.0339. The summed E-state index contributed by atoms with van der Waals surface area (Å²) in [5.41, 5.74) is -0.0845. The first-order valence-electron chi connectivity index (χ1n) is 8.54. The lowest BCUT2D eigenvalue weighted by atomic mass is 10.1. The molecule has 0 atom stereocenters. The molecule has 9 nitrogen and oxygen atoms in total. The molecule has 0 spiro atoms. The number of para-hydroxylation sites is 1. The molecule has 0 aliphatic carbocycles. The molecule has 1 fully saturated rings. The van der Waals surface area contributed by atoms with E-state index in [1.165, 1.54) is 18.2 Å². The van der Waals surface area contributed by atoms with Gasteiger partial charge in [0.25, 0.3) is 16.8 Å². The van der Waals surface area contributed by atoms with Gasteiger partial charge in [-0.15, -0.1) is 0 Å². The van der Waals surface area contributed by atoms with Gasteiger partial charge in [-0.1, -0.05) is 18.2 Å². The standard InChI is InChI=1S/C19H14N2O7S/c22-18-17(9-12-8-15-16(28-11-27-15)10-14(12)21(24)25)29-19(23)20(18)6-7-26-13-4-2-1-3-5-13/h1-5,8-10H,6-7,11H2/b17-9-. The van der Waals surface area contributed by atoms with E-state index in [1.54, 1.807) is 12.1 Å². The molecule has 1 saturated heterocycles. The third-order valence-electron chi connectivity index (χ3n) is 4.21. The Kier molecular flexibility index (Phi) is 5.09. The summed E-state index contributed by atoms with van der Waals surface area (Å²) in [5.74, 6) is 0.715. The summed E-state index contributed by atoms with van der Waals surface area (Å²) in [6.45, 7) is 0.174. The fourth-order valence-electron chi connectivity index (χ4n) is 2.83. The number of rotatable bonds is 6. The van der Waals surface area contributed by atoms with Crippen LogP contribution < -0.4 is 14.2 Å². The van der Waals surface area contributed by atoms with Gasteiger partial charge in [0.15, 0.2) is 11.5 Å². The monoisotopic (exact) mass is 414 g/mol. The summed E-state index contributed by atoms with van der Waals surface area (Å²) in [7, 11) is 0. The van der Waals surface area contributed by atoms with E-state index in [9.17, 15) is 19.7 Å². The zero-order valence-corrected chi connectivity index (χ0v) is 15.7. The molecule has 2 aromatic carbocycles. The third-order valence-corrected chi connectivity index (χ3v) is 5.11. The lowest BCUT2D eigenvalue weighted by molar-refractivity contribution is -0.385. The molecule has 0 radical (unpaired) electrons. The maximum absolute atomic E-state index is 12.6. The van der Waals surface area contributed by atoms with Gasteiger partial charge in [0.05, 0.1) is 28.0 Å². The number of amides is 2. The number of nitro benzene ring substituents is 1. The van der Waals surface area contributed by atoms with Crippen LogP contribution in [0.4, 0.5) is 10.5 Å². The molecule has 0 N–H and O–H groups in total. The van der Waals surface area contributed by atoms with Crippen LogP contribution in [0.25, 0.3) is 6.08 Å². The van der Waals surface area contributed by atoms with Crippen molar-refractivity contribution < 1.29 is 28.7 Å². The second-order valence-electron chi connectivity index (χ2n) is 6.02. The van der Waals surface area contributed by atoms with E-state index < -0.39 is 16.1 Å². The van der Waals surface area contributed by atoms with E-state index in [0.29, 0.717) is 11.5 Å². The van der Waals surface area contributed by atoms with Gasteiger partial charge >= 0.3 is 0 Å². The number of imide groups is 1. The second kappa shape index (κ2) is 7.84. The molecule has 10 heteroatoms. The van der Waals surface area contributed by atoms with Crippen LogP contribution in [0.3, 0.4) is 0 Å². The predicted octanol–water partition coefficient (Wildman–Crippen LogP) is 3.44. The maximum atomic E-state index is 12.6. The van der Waals surface area contributed by atoms with Crippen molar-refractivity contribution in [2.45, 2.75) is 0 Å².